The number of hydrogen-bond donors (Lipinski definition) is 1. The van der Waals surface area contributed by atoms with Crippen LogP contribution in [0.3, 0.4) is 0 Å². The molecule has 0 saturated carbocycles. The van der Waals surface area contributed by atoms with Crippen molar-refractivity contribution in [3.63, 3.8) is 0 Å². The number of nitrogens with zero attached hydrogens (tertiary/aromatic N) is 1. The molecule has 0 aliphatic heterocycles. The first kappa shape index (κ1) is 19.9. The molecule has 2 heterocycles. The van der Waals surface area contributed by atoms with E-state index in [9.17, 15) is 9.59 Å². The van der Waals surface area contributed by atoms with Crippen LogP contribution in [0.2, 0.25) is 0 Å². The highest BCUT2D eigenvalue weighted by Crippen LogP contribution is 2.28. The highest BCUT2D eigenvalue weighted by molar-refractivity contribution is 7.18. The average Bonchev–Trinajstić information content (AvgIpc) is 2.95. The van der Waals surface area contributed by atoms with Crippen molar-refractivity contribution in [3.05, 3.63) is 50.9 Å². The molecule has 8 heteroatoms. The summed E-state index contributed by atoms with van der Waals surface area (Å²) in [7, 11) is 0. The quantitative estimate of drug-likeness (QED) is 0.606. The number of aryl methyl sites for hydroxylation is 2. The standard InChI is InChI=1S/C20H22N2O5S/c1-5-25-14-8-6-7-9-15(14)26-10-16(23)27-12(3)18-21-19(24)17-11(2)13(4)28-20(17)22-18/h6-9,12H,5,10H2,1-4H3,(H,21,22,24)/t12-/m1/s1. The van der Waals surface area contributed by atoms with E-state index in [-0.39, 0.29) is 12.2 Å². The number of rotatable bonds is 7. The first-order valence-electron chi connectivity index (χ1n) is 8.94. The highest BCUT2D eigenvalue weighted by atomic mass is 32.1. The molecule has 7 nitrogen and oxygen atoms in total. The van der Waals surface area contributed by atoms with Gasteiger partial charge in [-0.1, -0.05) is 12.1 Å². The molecule has 3 rings (SSSR count). The molecule has 0 fully saturated rings. The van der Waals surface area contributed by atoms with Crippen LogP contribution in [0, 0.1) is 13.8 Å². The number of ether oxygens (including phenoxy) is 3. The molecule has 0 aliphatic rings. The summed E-state index contributed by atoms with van der Waals surface area (Å²) in [6, 6.07) is 7.10. The van der Waals surface area contributed by atoms with Crippen LogP contribution in [0.15, 0.2) is 29.1 Å². The van der Waals surface area contributed by atoms with Crippen LogP contribution in [0.5, 0.6) is 11.5 Å². The van der Waals surface area contributed by atoms with Crippen molar-refractivity contribution in [2.75, 3.05) is 13.2 Å². The third-order valence-corrected chi connectivity index (χ3v) is 5.35. The molecule has 0 bridgehead atoms. The summed E-state index contributed by atoms with van der Waals surface area (Å²) < 4.78 is 16.3. The molecule has 0 amide bonds. The molecule has 1 atom stereocenters. The zero-order chi connectivity index (χ0) is 20.3. The maximum Gasteiger partial charge on any atom is 0.344 e. The number of hydrogen-bond acceptors (Lipinski definition) is 7. The zero-order valence-corrected chi connectivity index (χ0v) is 17.0. The molecule has 3 aromatic rings. The van der Waals surface area contributed by atoms with Crippen LogP contribution in [0.25, 0.3) is 10.2 Å². The molecule has 28 heavy (non-hydrogen) atoms. The van der Waals surface area contributed by atoms with E-state index in [1.165, 1.54) is 11.3 Å². The van der Waals surface area contributed by atoms with Gasteiger partial charge in [-0.05, 0) is 45.4 Å². The second kappa shape index (κ2) is 8.43. The minimum atomic E-state index is -0.710. The smallest absolute Gasteiger partial charge is 0.344 e. The number of nitrogens with one attached hydrogen (secondary N) is 1. The molecule has 0 saturated heterocycles. The normalized spacial score (nSPS) is 12.0. The molecular formula is C20H22N2O5S. The third kappa shape index (κ3) is 4.17. The van der Waals surface area contributed by atoms with E-state index in [0.29, 0.717) is 34.1 Å². The molecule has 1 aromatic carbocycles. The number of benzene rings is 1. The van der Waals surface area contributed by atoms with Gasteiger partial charge in [0.1, 0.15) is 4.83 Å². The Bertz CT molecular complexity index is 1060. The fraction of sp³-hybridized carbons (Fsp3) is 0.350. The topological polar surface area (TPSA) is 90.5 Å². The number of esters is 1. The van der Waals surface area contributed by atoms with Crippen molar-refractivity contribution >= 4 is 27.5 Å². The summed E-state index contributed by atoms with van der Waals surface area (Å²) in [5, 5.41) is 0.584. The number of thiophene rings is 1. The van der Waals surface area contributed by atoms with Crippen molar-refractivity contribution in [1.29, 1.82) is 0 Å². The van der Waals surface area contributed by atoms with Gasteiger partial charge in [-0.3, -0.25) is 4.79 Å². The van der Waals surface area contributed by atoms with Crippen LogP contribution in [-0.4, -0.2) is 29.2 Å². The van der Waals surface area contributed by atoms with Crippen molar-refractivity contribution in [2.45, 2.75) is 33.8 Å². The molecule has 2 aromatic heterocycles. The lowest BCUT2D eigenvalue weighted by atomic mass is 10.2. The number of fused-ring (bicyclic) bond motifs is 1. The number of para-hydroxylation sites is 2. The van der Waals surface area contributed by atoms with Gasteiger partial charge in [0.15, 0.2) is 30.0 Å². The Morgan fingerprint density at radius 1 is 1.21 bits per heavy atom. The monoisotopic (exact) mass is 402 g/mol. The molecule has 0 radical (unpaired) electrons. The van der Waals surface area contributed by atoms with Crippen molar-refractivity contribution in [3.8, 4) is 11.5 Å². The molecule has 1 N–H and O–H groups in total. The number of carbonyl (C=O) groups is 1. The average molecular weight is 402 g/mol. The van der Waals surface area contributed by atoms with Gasteiger partial charge in [0.25, 0.3) is 5.56 Å². The predicted molar refractivity (Wildman–Crippen MR) is 107 cm³/mol. The largest absolute Gasteiger partial charge is 0.490 e. The van der Waals surface area contributed by atoms with Gasteiger partial charge in [-0.25, -0.2) is 9.78 Å². The zero-order valence-electron chi connectivity index (χ0n) is 16.2. The van der Waals surface area contributed by atoms with E-state index in [0.717, 1.165) is 10.4 Å². The summed E-state index contributed by atoms with van der Waals surface area (Å²) >= 11 is 1.45. The Labute approximate surface area is 166 Å². The van der Waals surface area contributed by atoms with Crippen LogP contribution >= 0.6 is 11.3 Å². The third-order valence-electron chi connectivity index (χ3n) is 4.25. The van der Waals surface area contributed by atoms with Crippen molar-refractivity contribution < 1.29 is 19.0 Å². The molecular weight excluding hydrogens is 380 g/mol. The molecule has 0 spiro atoms. The minimum Gasteiger partial charge on any atom is -0.490 e. The number of aromatic amines is 1. The first-order chi connectivity index (χ1) is 13.4. The SMILES string of the molecule is CCOc1ccccc1OCC(=O)O[C@H](C)c1nc2sc(C)c(C)c2c(=O)[nH]1. The maximum absolute atomic E-state index is 12.4. The van der Waals surface area contributed by atoms with E-state index in [1.807, 2.05) is 26.8 Å². The minimum absolute atomic E-state index is 0.230. The molecule has 0 unspecified atom stereocenters. The first-order valence-corrected chi connectivity index (χ1v) is 9.76. The lowest BCUT2D eigenvalue weighted by Crippen LogP contribution is -2.20. The summed E-state index contributed by atoms with van der Waals surface area (Å²) in [5.41, 5.74) is 0.693. The summed E-state index contributed by atoms with van der Waals surface area (Å²) in [4.78, 5) is 33.4. The highest BCUT2D eigenvalue weighted by Gasteiger charge is 2.18. The van der Waals surface area contributed by atoms with Crippen LogP contribution in [0.4, 0.5) is 0 Å². The Morgan fingerprint density at radius 2 is 1.89 bits per heavy atom. The molecule has 148 valence electrons. The van der Waals surface area contributed by atoms with E-state index in [1.54, 1.807) is 25.1 Å². The van der Waals surface area contributed by atoms with E-state index in [4.69, 9.17) is 14.2 Å². The van der Waals surface area contributed by atoms with Crippen LogP contribution < -0.4 is 15.0 Å². The summed E-state index contributed by atoms with van der Waals surface area (Å²) in [5.74, 6) is 0.763. The number of H-pyrrole nitrogens is 1. The second-order valence-electron chi connectivity index (χ2n) is 6.22. The van der Waals surface area contributed by atoms with Gasteiger partial charge in [-0.15, -0.1) is 11.3 Å². The number of carbonyl (C=O) groups excluding carboxylic acids is 1. The lowest BCUT2D eigenvalue weighted by Gasteiger charge is -2.14. The second-order valence-corrected chi connectivity index (χ2v) is 7.42. The fourth-order valence-electron chi connectivity index (χ4n) is 2.73. The predicted octanol–water partition coefficient (Wildman–Crippen LogP) is 3.68. The Morgan fingerprint density at radius 3 is 2.57 bits per heavy atom. The van der Waals surface area contributed by atoms with Gasteiger partial charge in [0.05, 0.1) is 12.0 Å². The lowest BCUT2D eigenvalue weighted by molar-refractivity contribution is -0.151. The Balaban J connectivity index is 1.68. The van der Waals surface area contributed by atoms with E-state index >= 15 is 0 Å². The van der Waals surface area contributed by atoms with Gasteiger partial charge in [0.2, 0.25) is 0 Å². The van der Waals surface area contributed by atoms with Crippen molar-refractivity contribution in [1.82, 2.24) is 9.97 Å². The van der Waals surface area contributed by atoms with E-state index in [2.05, 4.69) is 9.97 Å². The van der Waals surface area contributed by atoms with Gasteiger partial charge >= 0.3 is 5.97 Å². The number of aromatic nitrogens is 2. The Hall–Kier alpha value is -2.87. The summed E-state index contributed by atoms with van der Waals surface area (Å²) in [6.45, 7) is 7.58. The summed E-state index contributed by atoms with van der Waals surface area (Å²) in [6.07, 6.45) is -0.710. The Kier molecular flexibility index (Phi) is 5.99. The van der Waals surface area contributed by atoms with Gasteiger partial charge < -0.3 is 19.2 Å². The maximum atomic E-state index is 12.4. The van der Waals surface area contributed by atoms with Crippen LogP contribution in [0.1, 0.15) is 36.2 Å². The van der Waals surface area contributed by atoms with Gasteiger partial charge in [0, 0.05) is 4.88 Å². The van der Waals surface area contributed by atoms with E-state index < -0.39 is 12.1 Å². The van der Waals surface area contributed by atoms with Crippen molar-refractivity contribution in [2.24, 2.45) is 0 Å². The molecule has 0 aliphatic carbocycles. The van der Waals surface area contributed by atoms with Gasteiger partial charge in [-0.2, -0.15) is 0 Å². The fourth-order valence-corrected chi connectivity index (χ4v) is 3.77. The van der Waals surface area contributed by atoms with Crippen LogP contribution in [-0.2, 0) is 9.53 Å².